The molecule has 5 heterocycles. The van der Waals surface area contributed by atoms with Crippen LogP contribution in [0, 0.1) is 17.8 Å². The number of carbonyl (C=O) groups is 3. The zero-order chi connectivity index (χ0) is 29.7. The number of amides is 3. The normalized spacial score (nSPS) is 34.4. The Balaban J connectivity index is 1.24. The molecule has 3 saturated heterocycles. The van der Waals surface area contributed by atoms with Crippen LogP contribution in [-0.2, 0) is 25.5 Å². The Morgan fingerprint density at radius 2 is 2.07 bits per heavy atom. The summed E-state index contributed by atoms with van der Waals surface area (Å²) in [7, 11) is 0. The number of hydrogen-bond donors (Lipinski definition) is 4. The Morgan fingerprint density at radius 1 is 1.29 bits per heavy atom. The number of rotatable bonds is 5. The molecule has 1 aromatic carbocycles. The van der Waals surface area contributed by atoms with Gasteiger partial charge in [-0.15, -0.1) is 0 Å². The highest BCUT2D eigenvalue weighted by Crippen LogP contribution is 2.49. The standard InChI is InChI=1S/C31H38BrN5O5/c1-5-16(4)25-28(39)36-11-7-10-23(36)31(41)37(25)29(40)30(42-31,15(2)3)35-27(38)17-12-19-18-8-6-9-21-24(18)20(26(32)34-21)13-22(19)33-14-17/h6,8-9,12,15-17,22-23,25,33-34,41H,5,7,10-11,13-14H2,1-4H3,(H,35,38)/t16?,17-,22+,23-,25-,30-,31-/m0/s1. The molecule has 5 aliphatic rings. The summed E-state index contributed by atoms with van der Waals surface area (Å²) in [5.41, 5.74) is 2.60. The fraction of sp³-hybridized carbons (Fsp3) is 0.581. The van der Waals surface area contributed by atoms with E-state index in [1.807, 2.05) is 32.1 Å². The number of fused-ring (bicyclic) bond motifs is 5. The molecule has 42 heavy (non-hydrogen) atoms. The molecule has 3 fully saturated rings. The SMILES string of the molecule is CCC(C)[C@H]1C(=O)N2CCC[C@H]2[C@]2(O)O[C@@](NC(=O)[C@H]3C=C4c5cccc6[nH]c(Br)c(c56)C[C@H]4NC3)(C(C)C)C(=O)N12. The molecule has 0 bridgehead atoms. The van der Waals surface area contributed by atoms with Gasteiger partial charge in [-0.25, -0.2) is 0 Å². The molecule has 1 aliphatic carbocycles. The molecule has 4 aliphatic heterocycles. The van der Waals surface area contributed by atoms with Crippen molar-refractivity contribution < 1.29 is 24.2 Å². The molecule has 224 valence electrons. The highest BCUT2D eigenvalue weighted by Gasteiger charge is 2.72. The molecule has 11 heteroatoms. The van der Waals surface area contributed by atoms with E-state index in [1.165, 1.54) is 10.5 Å². The Morgan fingerprint density at radius 3 is 2.81 bits per heavy atom. The van der Waals surface area contributed by atoms with Gasteiger partial charge >= 0.3 is 0 Å². The number of aromatic amines is 1. The van der Waals surface area contributed by atoms with Crippen molar-refractivity contribution in [2.24, 2.45) is 17.8 Å². The second-order valence-corrected chi connectivity index (χ2v) is 13.7. The van der Waals surface area contributed by atoms with Gasteiger partial charge in [0.2, 0.25) is 17.5 Å². The molecule has 2 aromatic rings. The van der Waals surface area contributed by atoms with Crippen molar-refractivity contribution in [1.82, 2.24) is 25.4 Å². The van der Waals surface area contributed by atoms with E-state index in [-0.39, 0.29) is 23.8 Å². The van der Waals surface area contributed by atoms with Crippen LogP contribution in [-0.4, -0.2) is 80.5 Å². The molecule has 7 rings (SSSR count). The van der Waals surface area contributed by atoms with E-state index < -0.39 is 41.5 Å². The molecule has 0 spiro atoms. The van der Waals surface area contributed by atoms with Crippen LogP contribution in [0.5, 0.6) is 0 Å². The van der Waals surface area contributed by atoms with Gasteiger partial charge in [-0.1, -0.05) is 52.3 Å². The third kappa shape index (κ3) is 3.69. The number of aromatic nitrogens is 1. The van der Waals surface area contributed by atoms with Crippen molar-refractivity contribution in [3.63, 3.8) is 0 Å². The minimum Gasteiger partial charge on any atom is -0.349 e. The zero-order valence-corrected chi connectivity index (χ0v) is 26.0. The van der Waals surface area contributed by atoms with Crippen LogP contribution in [0.15, 0.2) is 28.9 Å². The lowest BCUT2D eigenvalue weighted by molar-refractivity contribution is -0.324. The lowest BCUT2D eigenvalue weighted by Gasteiger charge is -2.50. The average molecular weight is 641 g/mol. The summed E-state index contributed by atoms with van der Waals surface area (Å²) < 4.78 is 7.40. The number of piperazine rings is 1. The minimum atomic E-state index is -2.02. The van der Waals surface area contributed by atoms with Gasteiger partial charge in [-0.2, -0.15) is 0 Å². The number of hydrogen-bond acceptors (Lipinski definition) is 6. The Bertz CT molecular complexity index is 1540. The summed E-state index contributed by atoms with van der Waals surface area (Å²) in [5.74, 6) is -4.37. The molecular weight excluding hydrogens is 602 g/mol. The smallest absolute Gasteiger partial charge is 0.281 e. The summed E-state index contributed by atoms with van der Waals surface area (Å²) >= 11 is 3.67. The number of halogens is 1. The third-order valence-electron chi connectivity index (χ3n) is 10.3. The zero-order valence-electron chi connectivity index (χ0n) is 24.4. The molecule has 4 N–H and O–H groups in total. The fourth-order valence-electron chi connectivity index (χ4n) is 7.82. The maximum atomic E-state index is 14.4. The van der Waals surface area contributed by atoms with Gasteiger partial charge in [-0.05, 0) is 63.9 Å². The third-order valence-corrected chi connectivity index (χ3v) is 10.9. The first-order chi connectivity index (χ1) is 20.0. The van der Waals surface area contributed by atoms with Gasteiger partial charge in [0.15, 0.2) is 0 Å². The molecule has 1 aromatic heterocycles. The predicted molar refractivity (Wildman–Crippen MR) is 160 cm³/mol. The first kappa shape index (κ1) is 28.1. The largest absolute Gasteiger partial charge is 0.349 e. The molecule has 0 radical (unpaired) electrons. The van der Waals surface area contributed by atoms with Crippen LogP contribution in [0.2, 0.25) is 0 Å². The van der Waals surface area contributed by atoms with Crippen molar-refractivity contribution in [2.45, 2.75) is 83.1 Å². The van der Waals surface area contributed by atoms with E-state index in [4.69, 9.17) is 4.74 Å². The summed E-state index contributed by atoms with van der Waals surface area (Å²) in [4.78, 5) is 48.4. The Hall–Kier alpha value is -2.73. The number of H-pyrrole nitrogens is 1. The van der Waals surface area contributed by atoms with E-state index in [2.05, 4.69) is 37.6 Å². The first-order valence-corrected chi connectivity index (χ1v) is 15.9. The van der Waals surface area contributed by atoms with E-state index in [9.17, 15) is 19.5 Å². The molecular formula is C31H38BrN5O5. The number of aliphatic hydroxyl groups is 1. The lowest BCUT2D eigenvalue weighted by Crippen LogP contribution is -2.72. The summed E-state index contributed by atoms with van der Waals surface area (Å²) in [6, 6.07) is 4.66. The molecule has 0 saturated carbocycles. The topological polar surface area (TPSA) is 127 Å². The number of nitrogens with one attached hydrogen (secondary N) is 3. The quantitative estimate of drug-likeness (QED) is 0.399. The molecule has 10 nitrogen and oxygen atoms in total. The number of nitrogens with zero attached hydrogens (tertiary/aromatic N) is 2. The fourth-order valence-corrected chi connectivity index (χ4v) is 8.39. The van der Waals surface area contributed by atoms with Gasteiger partial charge in [0.05, 0.1) is 10.5 Å². The van der Waals surface area contributed by atoms with E-state index >= 15 is 0 Å². The first-order valence-electron chi connectivity index (χ1n) is 15.1. The second kappa shape index (κ2) is 9.64. The van der Waals surface area contributed by atoms with Crippen LogP contribution in [0.1, 0.15) is 58.1 Å². The predicted octanol–water partition coefficient (Wildman–Crippen LogP) is 2.85. The summed E-state index contributed by atoms with van der Waals surface area (Å²) in [6.07, 6.45) is 4.68. The Labute approximate surface area is 253 Å². The van der Waals surface area contributed by atoms with Crippen LogP contribution in [0.3, 0.4) is 0 Å². The summed E-state index contributed by atoms with van der Waals surface area (Å²) in [6.45, 7) is 8.38. The molecule has 3 amide bonds. The van der Waals surface area contributed by atoms with Crippen molar-refractivity contribution in [2.75, 3.05) is 13.1 Å². The Kier molecular flexibility index (Phi) is 6.44. The van der Waals surface area contributed by atoms with Crippen LogP contribution >= 0.6 is 15.9 Å². The van der Waals surface area contributed by atoms with E-state index in [0.717, 1.165) is 33.1 Å². The van der Waals surface area contributed by atoms with Crippen LogP contribution < -0.4 is 10.6 Å². The van der Waals surface area contributed by atoms with E-state index in [1.54, 1.807) is 18.7 Å². The highest BCUT2D eigenvalue weighted by molar-refractivity contribution is 9.10. The number of ether oxygens (including phenoxy) is 1. The second-order valence-electron chi connectivity index (χ2n) is 12.9. The van der Waals surface area contributed by atoms with Crippen molar-refractivity contribution in [3.05, 3.63) is 40.0 Å². The average Bonchev–Trinajstić information content (AvgIpc) is 3.65. The van der Waals surface area contributed by atoms with Crippen molar-refractivity contribution in [1.29, 1.82) is 0 Å². The van der Waals surface area contributed by atoms with Gasteiger partial charge in [0.1, 0.15) is 12.1 Å². The van der Waals surface area contributed by atoms with E-state index in [0.29, 0.717) is 32.4 Å². The van der Waals surface area contributed by atoms with Crippen molar-refractivity contribution in [3.8, 4) is 0 Å². The van der Waals surface area contributed by atoms with Crippen LogP contribution in [0.25, 0.3) is 16.5 Å². The maximum absolute atomic E-state index is 14.4. The lowest BCUT2D eigenvalue weighted by atomic mass is 9.80. The monoisotopic (exact) mass is 639 g/mol. The molecule has 7 atom stereocenters. The van der Waals surface area contributed by atoms with Crippen molar-refractivity contribution >= 4 is 50.1 Å². The van der Waals surface area contributed by atoms with Gasteiger partial charge < -0.3 is 25.6 Å². The van der Waals surface area contributed by atoms with Gasteiger partial charge in [0.25, 0.3) is 11.8 Å². The summed E-state index contributed by atoms with van der Waals surface area (Å²) in [5, 5.41) is 19.8. The van der Waals surface area contributed by atoms with Crippen LogP contribution in [0.4, 0.5) is 0 Å². The minimum absolute atomic E-state index is 0.0630. The number of carbonyl (C=O) groups excluding carboxylic acids is 3. The highest BCUT2D eigenvalue weighted by atomic mass is 79.9. The van der Waals surface area contributed by atoms with Gasteiger partial charge in [0, 0.05) is 36.0 Å². The maximum Gasteiger partial charge on any atom is 0.281 e. The van der Waals surface area contributed by atoms with Gasteiger partial charge in [-0.3, -0.25) is 24.0 Å². The molecule has 1 unspecified atom stereocenters. The number of benzene rings is 1.